The monoisotopic (exact) mass is 400 g/mol. The maximum atomic E-state index is 12.7. The van der Waals surface area contributed by atoms with Gasteiger partial charge in [-0.15, -0.1) is 0 Å². The average Bonchev–Trinajstić information content (AvgIpc) is 3.17. The molecule has 0 saturated carbocycles. The molecular formula is C19H17ClN4O2S. The number of nitrogens with one attached hydrogen (secondary N) is 2. The Morgan fingerprint density at radius 1 is 1.26 bits per heavy atom. The second-order valence-corrected chi connectivity index (χ2v) is 8.00. The zero-order chi connectivity index (χ0) is 19.4. The summed E-state index contributed by atoms with van der Waals surface area (Å²) in [6.07, 6.45) is 2.18. The lowest BCUT2D eigenvalue weighted by Crippen LogP contribution is -2.29. The van der Waals surface area contributed by atoms with Crippen LogP contribution in [0.15, 0.2) is 59.6 Å². The van der Waals surface area contributed by atoms with Crippen LogP contribution in [-0.4, -0.2) is 18.4 Å². The van der Waals surface area contributed by atoms with Crippen LogP contribution in [0, 0.1) is 11.3 Å². The summed E-state index contributed by atoms with van der Waals surface area (Å²) in [6.45, 7) is 1.86. The second-order valence-electron chi connectivity index (χ2n) is 5.88. The lowest BCUT2D eigenvalue weighted by atomic mass is 10.2. The number of H-pyrrole nitrogens is 1. The van der Waals surface area contributed by atoms with Crippen molar-refractivity contribution in [2.45, 2.75) is 24.3 Å². The van der Waals surface area contributed by atoms with Gasteiger partial charge in [-0.1, -0.05) is 48.9 Å². The molecule has 3 aromatic rings. The van der Waals surface area contributed by atoms with Crippen LogP contribution in [0.2, 0.25) is 5.02 Å². The van der Waals surface area contributed by atoms with Gasteiger partial charge in [0.25, 0.3) is 0 Å². The second kappa shape index (κ2) is 7.92. The van der Waals surface area contributed by atoms with E-state index in [2.05, 4.69) is 14.7 Å². The van der Waals surface area contributed by atoms with E-state index in [1.807, 2.05) is 43.3 Å². The third-order valence-electron chi connectivity index (χ3n) is 4.08. The Labute approximate surface area is 162 Å². The van der Waals surface area contributed by atoms with Crippen molar-refractivity contribution >= 4 is 21.6 Å². The Hall–Kier alpha value is -2.66. The molecule has 0 fully saturated rings. The highest BCUT2D eigenvalue weighted by Gasteiger charge is 2.23. The number of aromatic nitrogens is 2. The van der Waals surface area contributed by atoms with E-state index in [9.17, 15) is 8.42 Å². The molecule has 1 unspecified atom stereocenters. The van der Waals surface area contributed by atoms with E-state index in [1.165, 1.54) is 18.2 Å². The minimum atomic E-state index is -3.84. The molecule has 27 heavy (non-hydrogen) atoms. The molecule has 2 N–H and O–H groups in total. The number of imidazole rings is 1. The smallest absolute Gasteiger partial charge is 0.241 e. The van der Waals surface area contributed by atoms with Crippen LogP contribution in [0.5, 0.6) is 0 Å². The molecule has 1 atom stereocenters. The van der Waals surface area contributed by atoms with Gasteiger partial charge < -0.3 is 4.98 Å². The number of aromatic amines is 1. The minimum absolute atomic E-state index is 0.0169. The van der Waals surface area contributed by atoms with Gasteiger partial charge in [0, 0.05) is 0 Å². The van der Waals surface area contributed by atoms with Gasteiger partial charge in [-0.2, -0.15) is 5.26 Å². The van der Waals surface area contributed by atoms with Crippen molar-refractivity contribution in [1.29, 1.82) is 5.26 Å². The summed E-state index contributed by atoms with van der Waals surface area (Å²) >= 11 is 5.88. The molecule has 0 amide bonds. The Kier molecular flexibility index (Phi) is 5.61. The summed E-state index contributed by atoms with van der Waals surface area (Å²) in [5.41, 5.74) is 1.88. The molecule has 0 aliphatic carbocycles. The van der Waals surface area contributed by atoms with Gasteiger partial charge in [0.05, 0.1) is 33.4 Å². The largest absolute Gasteiger partial charge is 0.341 e. The Morgan fingerprint density at radius 3 is 2.67 bits per heavy atom. The summed E-state index contributed by atoms with van der Waals surface area (Å²) in [4.78, 5) is 7.49. The normalized spacial score (nSPS) is 12.5. The molecule has 0 aliphatic heterocycles. The van der Waals surface area contributed by atoms with Crippen molar-refractivity contribution in [3.63, 3.8) is 0 Å². The Bertz CT molecular complexity index is 1090. The predicted molar refractivity (Wildman–Crippen MR) is 104 cm³/mol. The number of rotatable bonds is 6. The first-order valence-electron chi connectivity index (χ1n) is 8.27. The van der Waals surface area contributed by atoms with Crippen molar-refractivity contribution in [3.05, 3.63) is 71.1 Å². The molecule has 1 aromatic heterocycles. The molecule has 0 aliphatic rings. The van der Waals surface area contributed by atoms with E-state index in [1.54, 1.807) is 6.20 Å². The van der Waals surface area contributed by atoms with Gasteiger partial charge in [0.15, 0.2) is 0 Å². The summed E-state index contributed by atoms with van der Waals surface area (Å²) < 4.78 is 28.1. The number of hydrogen-bond donors (Lipinski definition) is 2. The van der Waals surface area contributed by atoms with Crippen LogP contribution in [0.1, 0.15) is 30.8 Å². The van der Waals surface area contributed by atoms with Gasteiger partial charge in [-0.25, -0.2) is 18.1 Å². The SMILES string of the molecule is CCC(NS(=O)(=O)c1ccc(Cl)c(C#N)c1)c1ncc(-c2ccccc2)[nH]1. The molecule has 0 spiro atoms. The van der Waals surface area contributed by atoms with E-state index in [4.69, 9.17) is 16.9 Å². The van der Waals surface area contributed by atoms with E-state index >= 15 is 0 Å². The maximum Gasteiger partial charge on any atom is 0.241 e. The highest BCUT2D eigenvalue weighted by atomic mass is 35.5. The average molecular weight is 401 g/mol. The van der Waals surface area contributed by atoms with Gasteiger partial charge in [0.2, 0.25) is 10.0 Å². The summed E-state index contributed by atoms with van der Waals surface area (Å²) in [5, 5.41) is 9.27. The van der Waals surface area contributed by atoms with Crippen LogP contribution in [0.4, 0.5) is 0 Å². The summed E-state index contributed by atoms with van der Waals surface area (Å²) in [5.74, 6) is 0.523. The standard InChI is InChI=1S/C19H17ClN4O2S/c1-2-17(19-22-12-18(23-19)13-6-4-3-5-7-13)24-27(25,26)15-8-9-16(20)14(10-15)11-21/h3-10,12,17,24H,2H2,1H3,(H,22,23). The topological polar surface area (TPSA) is 98.6 Å². The number of sulfonamides is 1. The summed E-state index contributed by atoms with van der Waals surface area (Å²) in [6, 6.07) is 15.0. The van der Waals surface area contributed by atoms with Gasteiger partial charge in [0.1, 0.15) is 11.9 Å². The number of benzene rings is 2. The van der Waals surface area contributed by atoms with Crippen molar-refractivity contribution in [2.75, 3.05) is 0 Å². The van der Waals surface area contributed by atoms with Crippen LogP contribution in [0.3, 0.4) is 0 Å². The molecule has 0 saturated heterocycles. The lowest BCUT2D eigenvalue weighted by molar-refractivity contribution is 0.539. The number of nitriles is 1. The van der Waals surface area contributed by atoms with E-state index in [-0.39, 0.29) is 15.5 Å². The Morgan fingerprint density at radius 2 is 2.00 bits per heavy atom. The van der Waals surface area contributed by atoms with Gasteiger partial charge in [-0.3, -0.25) is 0 Å². The lowest BCUT2D eigenvalue weighted by Gasteiger charge is -2.15. The van der Waals surface area contributed by atoms with Crippen LogP contribution in [-0.2, 0) is 10.0 Å². The van der Waals surface area contributed by atoms with Gasteiger partial charge in [-0.05, 0) is 30.2 Å². The highest BCUT2D eigenvalue weighted by molar-refractivity contribution is 7.89. The fourth-order valence-electron chi connectivity index (χ4n) is 2.62. The number of nitrogens with zero attached hydrogens (tertiary/aromatic N) is 2. The van der Waals surface area contributed by atoms with E-state index < -0.39 is 16.1 Å². The van der Waals surface area contributed by atoms with Crippen LogP contribution < -0.4 is 4.72 Å². The first-order valence-corrected chi connectivity index (χ1v) is 10.1. The van der Waals surface area contributed by atoms with Crippen LogP contribution in [0.25, 0.3) is 11.3 Å². The Balaban J connectivity index is 1.87. The first-order chi connectivity index (χ1) is 12.9. The first kappa shape index (κ1) is 19.1. The molecular weight excluding hydrogens is 384 g/mol. The molecule has 3 rings (SSSR count). The number of hydrogen-bond acceptors (Lipinski definition) is 4. The number of halogens is 1. The van der Waals surface area contributed by atoms with Gasteiger partial charge >= 0.3 is 0 Å². The summed E-state index contributed by atoms with van der Waals surface area (Å²) in [7, 11) is -3.84. The third-order valence-corrected chi connectivity index (χ3v) is 5.88. The zero-order valence-corrected chi connectivity index (χ0v) is 16.1. The van der Waals surface area contributed by atoms with Crippen molar-refractivity contribution in [2.24, 2.45) is 0 Å². The van der Waals surface area contributed by atoms with E-state index in [0.29, 0.717) is 12.2 Å². The van der Waals surface area contributed by atoms with E-state index in [0.717, 1.165) is 11.3 Å². The molecule has 0 bridgehead atoms. The third kappa shape index (κ3) is 4.19. The fraction of sp³-hybridized carbons (Fsp3) is 0.158. The predicted octanol–water partition coefficient (Wildman–Crippen LogP) is 4.03. The molecule has 1 heterocycles. The van der Waals surface area contributed by atoms with Crippen molar-refractivity contribution in [1.82, 2.24) is 14.7 Å². The minimum Gasteiger partial charge on any atom is -0.341 e. The quantitative estimate of drug-likeness (QED) is 0.652. The molecule has 2 aromatic carbocycles. The maximum absolute atomic E-state index is 12.7. The molecule has 0 radical (unpaired) electrons. The van der Waals surface area contributed by atoms with Crippen LogP contribution >= 0.6 is 11.6 Å². The van der Waals surface area contributed by atoms with Crippen molar-refractivity contribution < 1.29 is 8.42 Å². The molecule has 6 nitrogen and oxygen atoms in total. The zero-order valence-electron chi connectivity index (χ0n) is 14.5. The highest BCUT2D eigenvalue weighted by Crippen LogP contribution is 2.24. The van der Waals surface area contributed by atoms with Crippen molar-refractivity contribution in [3.8, 4) is 17.3 Å². The fourth-order valence-corrected chi connectivity index (χ4v) is 4.09. The molecule has 138 valence electrons. The molecule has 8 heteroatoms.